The molecule has 0 saturated carbocycles. The molecule has 2 heterocycles. The van der Waals surface area contributed by atoms with Gasteiger partial charge in [0.15, 0.2) is 11.4 Å². The molecular formula is C12H13N3O3. The number of aromatic nitrogens is 3. The highest BCUT2D eigenvalue weighted by molar-refractivity contribution is 5.88. The molecule has 6 heteroatoms. The van der Waals surface area contributed by atoms with Gasteiger partial charge in [-0.2, -0.15) is 0 Å². The number of aromatic carboxylic acids is 1. The Bertz CT molecular complexity index is 578. The minimum Gasteiger partial charge on any atom is -0.483 e. The molecule has 2 aromatic rings. The van der Waals surface area contributed by atoms with E-state index in [9.17, 15) is 4.79 Å². The van der Waals surface area contributed by atoms with Crippen molar-refractivity contribution in [2.75, 3.05) is 0 Å². The molecule has 0 saturated heterocycles. The monoisotopic (exact) mass is 247 g/mol. The van der Waals surface area contributed by atoms with Gasteiger partial charge in [-0.15, -0.1) is 0 Å². The van der Waals surface area contributed by atoms with E-state index in [1.807, 2.05) is 11.6 Å². The number of ether oxygens (including phenoxy) is 1. The Morgan fingerprint density at radius 1 is 1.50 bits per heavy atom. The minimum atomic E-state index is -1.10. The zero-order valence-corrected chi connectivity index (χ0v) is 10.1. The molecule has 0 atom stereocenters. The molecule has 0 bridgehead atoms. The van der Waals surface area contributed by atoms with E-state index < -0.39 is 5.97 Å². The molecule has 0 aliphatic carbocycles. The number of aryl methyl sites for hydroxylation is 2. The zero-order valence-electron chi connectivity index (χ0n) is 10.1. The summed E-state index contributed by atoms with van der Waals surface area (Å²) in [6.07, 6.45) is 3.45. The molecule has 0 aromatic carbocycles. The van der Waals surface area contributed by atoms with Crippen molar-refractivity contribution < 1.29 is 14.6 Å². The van der Waals surface area contributed by atoms with Crippen LogP contribution in [0.2, 0.25) is 0 Å². The Balaban J connectivity index is 2.19. The number of pyridine rings is 1. The van der Waals surface area contributed by atoms with E-state index in [0.717, 1.165) is 0 Å². The van der Waals surface area contributed by atoms with E-state index in [1.54, 1.807) is 31.5 Å². The molecule has 1 N–H and O–H groups in total. The van der Waals surface area contributed by atoms with Crippen LogP contribution in [0.5, 0.6) is 5.75 Å². The molecule has 94 valence electrons. The summed E-state index contributed by atoms with van der Waals surface area (Å²) in [5, 5.41) is 9.04. The van der Waals surface area contributed by atoms with Crippen LogP contribution in [0.4, 0.5) is 0 Å². The first-order valence-electron chi connectivity index (χ1n) is 5.38. The van der Waals surface area contributed by atoms with E-state index in [1.165, 1.54) is 0 Å². The maximum Gasteiger partial charge on any atom is 0.358 e. The Morgan fingerprint density at radius 2 is 2.28 bits per heavy atom. The lowest BCUT2D eigenvalue weighted by molar-refractivity contribution is 0.0684. The summed E-state index contributed by atoms with van der Waals surface area (Å²) >= 11 is 0. The number of imidazole rings is 1. The Labute approximate surface area is 104 Å². The number of nitrogens with zero attached hydrogens (tertiary/aromatic N) is 3. The van der Waals surface area contributed by atoms with E-state index in [-0.39, 0.29) is 18.1 Å². The van der Waals surface area contributed by atoms with Gasteiger partial charge in [-0.1, -0.05) is 0 Å². The van der Waals surface area contributed by atoms with Gasteiger partial charge in [-0.25, -0.2) is 14.8 Å². The lowest BCUT2D eigenvalue weighted by Gasteiger charge is -2.08. The standard InChI is InChI=1S/C12H13N3O3/c1-8-3-4-9(11(14-8)12(16)17)18-7-10-13-5-6-15(10)2/h3-6H,7H2,1-2H3,(H,16,17). The van der Waals surface area contributed by atoms with Crippen LogP contribution in [-0.4, -0.2) is 25.6 Å². The van der Waals surface area contributed by atoms with Gasteiger partial charge in [-0.05, 0) is 19.1 Å². The van der Waals surface area contributed by atoms with Gasteiger partial charge in [0.2, 0.25) is 0 Å². The van der Waals surface area contributed by atoms with Crippen LogP contribution < -0.4 is 4.74 Å². The first-order valence-corrected chi connectivity index (χ1v) is 5.38. The molecule has 0 unspecified atom stereocenters. The topological polar surface area (TPSA) is 77.2 Å². The highest BCUT2D eigenvalue weighted by atomic mass is 16.5. The maximum absolute atomic E-state index is 11.0. The molecule has 0 spiro atoms. The van der Waals surface area contributed by atoms with E-state index in [2.05, 4.69) is 9.97 Å². The quantitative estimate of drug-likeness (QED) is 0.883. The molecule has 6 nitrogen and oxygen atoms in total. The van der Waals surface area contributed by atoms with Gasteiger partial charge < -0.3 is 14.4 Å². The number of carbonyl (C=O) groups is 1. The molecule has 0 aliphatic rings. The Kier molecular flexibility index (Phi) is 3.27. The smallest absolute Gasteiger partial charge is 0.358 e. The summed E-state index contributed by atoms with van der Waals surface area (Å²) in [6, 6.07) is 3.31. The first kappa shape index (κ1) is 12.1. The number of rotatable bonds is 4. The van der Waals surface area contributed by atoms with Crippen LogP contribution in [-0.2, 0) is 13.7 Å². The van der Waals surface area contributed by atoms with Crippen LogP contribution in [0.3, 0.4) is 0 Å². The van der Waals surface area contributed by atoms with Gasteiger partial charge >= 0.3 is 5.97 Å². The predicted molar refractivity (Wildman–Crippen MR) is 63.5 cm³/mol. The maximum atomic E-state index is 11.0. The van der Waals surface area contributed by atoms with Crippen molar-refractivity contribution in [3.05, 3.63) is 41.7 Å². The van der Waals surface area contributed by atoms with Crippen LogP contribution in [0.1, 0.15) is 22.0 Å². The van der Waals surface area contributed by atoms with Gasteiger partial charge in [0.1, 0.15) is 12.4 Å². The third-order valence-corrected chi connectivity index (χ3v) is 2.48. The van der Waals surface area contributed by atoms with E-state index in [0.29, 0.717) is 11.5 Å². The fourth-order valence-electron chi connectivity index (χ4n) is 1.49. The molecule has 2 aromatic heterocycles. The highest BCUT2D eigenvalue weighted by Gasteiger charge is 2.14. The summed E-state index contributed by atoms with van der Waals surface area (Å²) in [5.41, 5.74) is 0.556. The molecule has 0 aliphatic heterocycles. The lowest BCUT2D eigenvalue weighted by atomic mass is 10.3. The van der Waals surface area contributed by atoms with Crippen molar-refractivity contribution in [1.82, 2.24) is 14.5 Å². The summed E-state index contributed by atoms with van der Waals surface area (Å²) in [6.45, 7) is 1.93. The second-order valence-corrected chi connectivity index (χ2v) is 3.85. The minimum absolute atomic E-state index is 0.0794. The van der Waals surface area contributed by atoms with Crippen molar-refractivity contribution in [2.45, 2.75) is 13.5 Å². The average Bonchev–Trinajstić information content (AvgIpc) is 2.73. The van der Waals surface area contributed by atoms with Crippen LogP contribution >= 0.6 is 0 Å². The first-order chi connectivity index (χ1) is 8.58. The second-order valence-electron chi connectivity index (χ2n) is 3.85. The highest BCUT2D eigenvalue weighted by Crippen LogP contribution is 2.18. The molecule has 18 heavy (non-hydrogen) atoms. The zero-order chi connectivity index (χ0) is 13.1. The van der Waals surface area contributed by atoms with E-state index >= 15 is 0 Å². The third kappa shape index (κ3) is 2.48. The van der Waals surface area contributed by atoms with Crippen molar-refractivity contribution >= 4 is 5.97 Å². The SMILES string of the molecule is Cc1ccc(OCc2nccn2C)c(C(=O)O)n1. The fourth-order valence-corrected chi connectivity index (χ4v) is 1.49. The number of carboxylic acids is 1. The summed E-state index contributed by atoms with van der Waals surface area (Å²) < 4.78 is 7.26. The molecule has 0 amide bonds. The number of hydrogen-bond donors (Lipinski definition) is 1. The average molecular weight is 247 g/mol. The predicted octanol–water partition coefficient (Wildman–Crippen LogP) is 1.40. The fraction of sp³-hybridized carbons (Fsp3) is 0.250. The molecule has 2 rings (SSSR count). The van der Waals surface area contributed by atoms with Gasteiger partial charge in [0.25, 0.3) is 0 Å². The van der Waals surface area contributed by atoms with Crippen LogP contribution in [0, 0.1) is 6.92 Å². The van der Waals surface area contributed by atoms with E-state index in [4.69, 9.17) is 9.84 Å². The van der Waals surface area contributed by atoms with Crippen molar-refractivity contribution in [3.63, 3.8) is 0 Å². The van der Waals surface area contributed by atoms with Crippen molar-refractivity contribution in [2.24, 2.45) is 7.05 Å². The summed E-state index contributed by atoms with van der Waals surface area (Å²) in [5.74, 6) is -0.142. The van der Waals surface area contributed by atoms with Gasteiger partial charge in [0, 0.05) is 25.1 Å². The van der Waals surface area contributed by atoms with Gasteiger partial charge in [-0.3, -0.25) is 0 Å². The third-order valence-electron chi connectivity index (χ3n) is 2.48. The number of hydrogen-bond acceptors (Lipinski definition) is 4. The second kappa shape index (κ2) is 4.87. The normalized spacial score (nSPS) is 10.3. The summed E-state index contributed by atoms with van der Waals surface area (Å²) in [4.78, 5) is 19.1. The largest absolute Gasteiger partial charge is 0.483 e. The molecular weight excluding hydrogens is 234 g/mol. The van der Waals surface area contributed by atoms with Gasteiger partial charge in [0.05, 0.1) is 0 Å². The molecule has 0 fully saturated rings. The van der Waals surface area contributed by atoms with Crippen molar-refractivity contribution in [3.8, 4) is 5.75 Å². The lowest BCUT2D eigenvalue weighted by Crippen LogP contribution is -2.08. The Morgan fingerprint density at radius 3 is 2.89 bits per heavy atom. The molecule has 0 radical (unpaired) electrons. The summed E-state index contributed by atoms with van der Waals surface area (Å²) in [7, 11) is 1.84. The number of carboxylic acid groups (broad SMARTS) is 1. The van der Waals surface area contributed by atoms with Crippen molar-refractivity contribution in [1.29, 1.82) is 0 Å². The van der Waals surface area contributed by atoms with Crippen LogP contribution in [0.15, 0.2) is 24.5 Å². The Hall–Kier alpha value is -2.37. The van der Waals surface area contributed by atoms with Crippen LogP contribution in [0.25, 0.3) is 0 Å².